The Morgan fingerprint density at radius 2 is 2.06 bits per heavy atom. The molecule has 3 N–H and O–H groups in total. The van der Waals surface area contributed by atoms with Crippen LogP contribution < -0.4 is 11.3 Å². The molecule has 102 valence electrons. The first-order valence-corrected chi connectivity index (χ1v) is 5.13. The third-order valence-electron chi connectivity index (χ3n) is 2.09. The third-order valence-corrected chi connectivity index (χ3v) is 2.09. The lowest BCUT2D eigenvalue weighted by Crippen LogP contribution is -2.40. The fraction of sp³-hybridized carbons (Fsp3) is 0.800. The molecule has 1 unspecified atom stereocenters. The number of allylic oxidation sites excluding steroid dienone is 1. The van der Waals surface area contributed by atoms with Gasteiger partial charge in [-0.15, -0.1) is 6.58 Å². The van der Waals surface area contributed by atoms with Gasteiger partial charge in [-0.1, -0.05) is 5.57 Å². The highest BCUT2D eigenvalue weighted by molar-refractivity contribution is 4.89. The number of alkyl halides is 4. The molecule has 0 fully saturated rings. The maximum Gasteiger partial charge on any atom is 0.330 e. The number of hydrogen-bond acceptors (Lipinski definition) is 3. The smallest absolute Gasteiger partial charge is 0.330 e. The largest absolute Gasteiger partial charge is 0.373 e. The number of nitrogens with one attached hydrogen (secondary N) is 1. The Bertz CT molecular complexity index is 236. The van der Waals surface area contributed by atoms with Crippen molar-refractivity contribution in [1.82, 2.24) is 5.43 Å². The van der Waals surface area contributed by atoms with Crippen LogP contribution in [0.1, 0.15) is 19.8 Å². The van der Waals surface area contributed by atoms with Crippen LogP contribution in [0, 0.1) is 0 Å². The van der Waals surface area contributed by atoms with E-state index in [4.69, 9.17) is 5.84 Å². The standard InChI is InChI=1S/C10H18F4N2O/c1-7(2)3-4-8(16-15)5-17-6-10(13,14)9(11)12/h8-9,16H,1,3-6,15H2,2H3. The van der Waals surface area contributed by atoms with Crippen LogP contribution in [0.2, 0.25) is 0 Å². The monoisotopic (exact) mass is 258 g/mol. The average Bonchev–Trinajstić information content (AvgIpc) is 2.22. The second kappa shape index (κ2) is 7.62. The molecule has 0 aromatic rings. The van der Waals surface area contributed by atoms with Gasteiger partial charge in [-0.2, -0.15) is 8.78 Å². The van der Waals surface area contributed by atoms with Crippen molar-refractivity contribution in [3.8, 4) is 0 Å². The van der Waals surface area contributed by atoms with Crippen LogP contribution in [-0.2, 0) is 4.74 Å². The minimum absolute atomic E-state index is 0.147. The molecule has 0 radical (unpaired) electrons. The van der Waals surface area contributed by atoms with Crippen molar-refractivity contribution in [2.75, 3.05) is 13.2 Å². The van der Waals surface area contributed by atoms with E-state index in [1.54, 1.807) is 0 Å². The second-order valence-corrected chi connectivity index (χ2v) is 3.94. The summed E-state index contributed by atoms with van der Waals surface area (Å²) in [5.41, 5.74) is 3.29. The Morgan fingerprint density at radius 3 is 2.47 bits per heavy atom. The Balaban J connectivity index is 3.87. The molecule has 0 bridgehead atoms. The van der Waals surface area contributed by atoms with Crippen molar-refractivity contribution < 1.29 is 22.3 Å². The van der Waals surface area contributed by atoms with E-state index in [9.17, 15) is 17.6 Å². The lowest BCUT2D eigenvalue weighted by Gasteiger charge is -2.19. The van der Waals surface area contributed by atoms with Gasteiger partial charge in [0.2, 0.25) is 0 Å². The fourth-order valence-electron chi connectivity index (χ4n) is 1.04. The Kier molecular flexibility index (Phi) is 7.33. The summed E-state index contributed by atoms with van der Waals surface area (Å²) >= 11 is 0. The molecule has 0 aromatic heterocycles. The first-order valence-electron chi connectivity index (χ1n) is 5.13. The van der Waals surface area contributed by atoms with Gasteiger partial charge in [-0.3, -0.25) is 11.3 Å². The molecule has 0 spiro atoms. The van der Waals surface area contributed by atoms with Gasteiger partial charge in [0, 0.05) is 6.04 Å². The fourth-order valence-corrected chi connectivity index (χ4v) is 1.04. The Labute approximate surface area is 98.0 Å². The van der Waals surface area contributed by atoms with E-state index in [-0.39, 0.29) is 12.6 Å². The Morgan fingerprint density at radius 1 is 1.47 bits per heavy atom. The van der Waals surface area contributed by atoms with Crippen molar-refractivity contribution in [3.05, 3.63) is 12.2 Å². The van der Waals surface area contributed by atoms with Gasteiger partial charge >= 0.3 is 12.3 Å². The van der Waals surface area contributed by atoms with E-state index in [2.05, 4.69) is 16.7 Å². The molecule has 7 heteroatoms. The summed E-state index contributed by atoms with van der Waals surface area (Å²) in [6, 6.07) is -0.361. The molecule has 1 atom stereocenters. The SMILES string of the molecule is C=C(C)CCC(COCC(F)(F)C(F)F)NN. The Hall–Kier alpha value is -0.660. The van der Waals surface area contributed by atoms with Crippen molar-refractivity contribution in [3.63, 3.8) is 0 Å². The van der Waals surface area contributed by atoms with E-state index in [1.165, 1.54) is 0 Å². The lowest BCUT2D eigenvalue weighted by molar-refractivity contribution is -0.167. The van der Waals surface area contributed by atoms with Gasteiger partial charge in [0.15, 0.2) is 0 Å². The molecule has 0 rings (SSSR count). The first kappa shape index (κ1) is 16.3. The number of ether oxygens (including phenoxy) is 1. The van der Waals surface area contributed by atoms with E-state index < -0.39 is 19.0 Å². The van der Waals surface area contributed by atoms with Gasteiger partial charge in [0.05, 0.1) is 6.61 Å². The number of rotatable bonds is 9. The topological polar surface area (TPSA) is 47.3 Å². The van der Waals surface area contributed by atoms with Crippen LogP contribution in [0.3, 0.4) is 0 Å². The van der Waals surface area contributed by atoms with Crippen molar-refractivity contribution >= 4 is 0 Å². The van der Waals surface area contributed by atoms with Crippen LogP contribution in [0.4, 0.5) is 17.6 Å². The van der Waals surface area contributed by atoms with Crippen LogP contribution in [0.15, 0.2) is 12.2 Å². The molecule has 0 amide bonds. The quantitative estimate of drug-likeness (QED) is 0.288. The molecule has 0 aliphatic rings. The average molecular weight is 258 g/mol. The molecule has 0 heterocycles. The minimum atomic E-state index is -4.12. The molecule has 0 saturated carbocycles. The summed E-state index contributed by atoms with van der Waals surface area (Å²) in [6.07, 6.45) is -2.52. The zero-order valence-corrected chi connectivity index (χ0v) is 9.69. The first-order chi connectivity index (χ1) is 7.79. The molecule has 0 saturated heterocycles. The minimum Gasteiger partial charge on any atom is -0.373 e. The van der Waals surface area contributed by atoms with Crippen LogP contribution in [0.25, 0.3) is 0 Å². The van der Waals surface area contributed by atoms with E-state index in [1.807, 2.05) is 6.92 Å². The molecule has 0 aromatic carbocycles. The lowest BCUT2D eigenvalue weighted by atomic mass is 10.1. The van der Waals surface area contributed by atoms with Crippen molar-refractivity contribution in [2.24, 2.45) is 5.84 Å². The van der Waals surface area contributed by atoms with Gasteiger partial charge in [-0.25, -0.2) is 8.78 Å². The number of hydrogen-bond donors (Lipinski definition) is 2. The molecular formula is C10H18F4N2O. The summed E-state index contributed by atoms with van der Waals surface area (Å²) in [4.78, 5) is 0. The molecule has 3 nitrogen and oxygen atoms in total. The van der Waals surface area contributed by atoms with Crippen molar-refractivity contribution in [2.45, 2.75) is 38.2 Å². The second-order valence-electron chi connectivity index (χ2n) is 3.94. The van der Waals surface area contributed by atoms with Gasteiger partial charge in [-0.05, 0) is 19.8 Å². The van der Waals surface area contributed by atoms with Crippen molar-refractivity contribution in [1.29, 1.82) is 0 Å². The number of hydrazine groups is 1. The van der Waals surface area contributed by atoms with Gasteiger partial charge in [0.1, 0.15) is 6.61 Å². The third kappa shape index (κ3) is 7.30. The number of halogens is 4. The van der Waals surface area contributed by atoms with Crippen LogP contribution >= 0.6 is 0 Å². The zero-order chi connectivity index (χ0) is 13.5. The summed E-state index contributed by atoms with van der Waals surface area (Å²) in [7, 11) is 0. The van der Waals surface area contributed by atoms with Gasteiger partial charge in [0.25, 0.3) is 0 Å². The maximum atomic E-state index is 12.5. The summed E-state index contributed by atoms with van der Waals surface area (Å²) in [5.74, 6) is 1.06. The maximum absolute atomic E-state index is 12.5. The van der Waals surface area contributed by atoms with E-state index in [0.29, 0.717) is 12.8 Å². The normalized spacial score (nSPS) is 14.1. The predicted molar refractivity (Wildman–Crippen MR) is 56.9 cm³/mol. The predicted octanol–water partition coefficient (Wildman–Crippen LogP) is 2.09. The molecule has 0 aliphatic heterocycles. The highest BCUT2D eigenvalue weighted by atomic mass is 19.3. The zero-order valence-electron chi connectivity index (χ0n) is 9.69. The van der Waals surface area contributed by atoms with E-state index >= 15 is 0 Å². The van der Waals surface area contributed by atoms with Gasteiger partial charge < -0.3 is 4.74 Å². The molecular weight excluding hydrogens is 240 g/mol. The van der Waals surface area contributed by atoms with Crippen LogP contribution in [0.5, 0.6) is 0 Å². The summed E-state index contributed by atoms with van der Waals surface area (Å²) < 4.78 is 53.1. The highest BCUT2D eigenvalue weighted by Gasteiger charge is 2.41. The van der Waals surface area contributed by atoms with E-state index in [0.717, 1.165) is 5.57 Å². The summed E-state index contributed by atoms with van der Waals surface area (Å²) in [5, 5.41) is 0. The van der Waals surface area contributed by atoms with Crippen LogP contribution in [-0.4, -0.2) is 31.6 Å². The molecule has 17 heavy (non-hydrogen) atoms. The molecule has 0 aliphatic carbocycles. The summed E-state index contributed by atoms with van der Waals surface area (Å²) in [6.45, 7) is 4.04. The highest BCUT2D eigenvalue weighted by Crippen LogP contribution is 2.22. The number of nitrogens with two attached hydrogens (primary N) is 1.